The number of aromatic nitrogens is 3. The summed E-state index contributed by atoms with van der Waals surface area (Å²) in [4.78, 5) is 15.8. The fraction of sp³-hybridized carbons (Fsp3) is 0.250. The zero-order chi connectivity index (χ0) is 13.7. The maximum absolute atomic E-state index is 11.8. The third-order valence-electron chi connectivity index (χ3n) is 2.55. The Kier molecular flexibility index (Phi) is 4.51. The topological polar surface area (TPSA) is 90.9 Å². The molecule has 1 heterocycles. The van der Waals surface area contributed by atoms with Gasteiger partial charge < -0.3 is 10.4 Å². The van der Waals surface area contributed by atoms with Crippen LogP contribution >= 0.6 is 15.9 Å². The van der Waals surface area contributed by atoms with E-state index in [-0.39, 0.29) is 11.7 Å². The molecule has 0 aliphatic rings. The van der Waals surface area contributed by atoms with E-state index in [1.54, 1.807) is 12.1 Å². The summed E-state index contributed by atoms with van der Waals surface area (Å²) in [5, 5.41) is 18.8. The summed E-state index contributed by atoms with van der Waals surface area (Å²) in [5.74, 6) is 0.644. The highest BCUT2D eigenvalue weighted by Gasteiger charge is 2.07. The number of phenolic OH excluding ortho intramolecular Hbond substituents is 1. The summed E-state index contributed by atoms with van der Waals surface area (Å²) < 4.78 is 0.564. The van der Waals surface area contributed by atoms with E-state index in [1.165, 1.54) is 12.4 Å². The number of nitrogens with one attached hydrogen (secondary N) is 2. The van der Waals surface area contributed by atoms with Crippen molar-refractivity contribution in [2.24, 2.45) is 0 Å². The lowest BCUT2D eigenvalue weighted by Crippen LogP contribution is -2.24. The van der Waals surface area contributed by atoms with Crippen LogP contribution < -0.4 is 5.32 Å². The Bertz CT molecular complexity index is 557. The van der Waals surface area contributed by atoms with E-state index in [2.05, 4.69) is 36.4 Å². The minimum atomic E-state index is -0.208. The van der Waals surface area contributed by atoms with Gasteiger partial charge in [0.25, 0.3) is 5.91 Å². The molecule has 1 amide bonds. The first kappa shape index (κ1) is 13.5. The Morgan fingerprint density at radius 1 is 1.47 bits per heavy atom. The number of carbonyl (C=O) groups is 1. The van der Waals surface area contributed by atoms with Crippen molar-refractivity contribution < 1.29 is 9.90 Å². The average Bonchev–Trinajstić information content (AvgIpc) is 2.91. The van der Waals surface area contributed by atoms with Gasteiger partial charge in [-0.3, -0.25) is 9.89 Å². The lowest BCUT2D eigenvalue weighted by Gasteiger charge is -2.05. The number of rotatable bonds is 5. The number of aromatic hydroxyl groups is 1. The van der Waals surface area contributed by atoms with Crippen LogP contribution in [0.4, 0.5) is 0 Å². The lowest BCUT2D eigenvalue weighted by atomic mass is 10.2. The fourth-order valence-electron chi connectivity index (χ4n) is 1.56. The van der Waals surface area contributed by atoms with Crippen LogP contribution in [0.1, 0.15) is 22.6 Å². The van der Waals surface area contributed by atoms with E-state index < -0.39 is 0 Å². The molecule has 6 nitrogen and oxygen atoms in total. The van der Waals surface area contributed by atoms with Gasteiger partial charge in [0.1, 0.15) is 17.9 Å². The molecule has 100 valence electrons. The molecule has 0 radical (unpaired) electrons. The van der Waals surface area contributed by atoms with Gasteiger partial charge in [-0.05, 0) is 40.5 Å². The minimum absolute atomic E-state index is 0.0503. The first-order valence-corrected chi connectivity index (χ1v) is 6.57. The molecule has 2 aromatic rings. The molecule has 0 unspecified atom stereocenters. The molecule has 0 spiro atoms. The first-order chi connectivity index (χ1) is 9.16. The van der Waals surface area contributed by atoms with E-state index in [4.69, 9.17) is 0 Å². The molecule has 3 N–H and O–H groups in total. The molecule has 0 saturated heterocycles. The van der Waals surface area contributed by atoms with Crippen molar-refractivity contribution in [2.45, 2.75) is 12.8 Å². The van der Waals surface area contributed by atoms with Crippen molar-refractivity contribution in [1.82, 2.24) is 20.5 Å². The van der Waals surface area contributed by atoms with Gasteiger partial charge in [0, 0.05) is 18.5 Å². The molecule has 0 aliphatic carbocycles. The highest BCUT2D eigenvalue weighted by Crippen LogP contribution is 2.24. The lowest BCUT2D eigenvalue weighted by molar-refractivity contribution is 0.0952. The molecular weight excluding hydrogens is 312 g/mol. The molecule has 0 aliphatic heterocycles. The largest absolute Gasteiger partial charge is 0.507 e. The molecule has 0 fully saturated rings. The van der Waals surface area contributed by atoms with Crippen LogP contribution in [-0.4, -0.2) is 32.7 Å². The molecule has 2 rings (SSSR count). The van der Waals surface area contributed by atoms with Crippen LogP contribution in [0.25, 0.3) is 0 Å². The van der Waals surface area contributed by atoms with Gasteiger partial charge in [0.15, 0.2) is 0 Å². The third-order valence-corrected chi connectivity index (χ3v) is 3.22. The number of halogens is 1. The van der Waals surface area contributed by atoms with Crippen LogP contribution in [0.3, 0.4) is 0 Å². The maximum Gasteiger partial charge on any atom is 0.251 e. The second-order valence-electron chi connectivity index (χ2n) is 3.96. The Morgan fingerprint density at radius 3 is 3.00 bits per heavy atom. The number of hydrogen-bond donors (Lipinski definition) is 3. The van der Waals surface area contributed by atoms with E-state index in [1.807, 2.05) is 0 Å². The van der Waals surface area contributed by atoms with Gasteiger partial charge in [0.05, 0.1) is 4.47 Å². The zero-order valence-corrected chi connectivity index (χ0v) is 11.6. The molecule has 1 aromatic carbocycles. The van der Waals surface area contributed by atoms with E-state index in [9.17, 15) is 9.90 Å². The van der Waals surface area contributed by atoms with E-state index in [0.717, 1.165) is 18.7 Å². The molecule has 1 aromatic heterocycles. The molecule has 7 heteroatoms. The van der Waals surface area contributed by atoms with Crippen molar-refractivity contribution in [3.05, 3.63) is 40.4 Å². The monoisotopic (exact) mass is 324 g/mol. The maximum atomic E-state index is 11.8. The van der Waals surface area contributed by atoms with Gasteiger partial charge in [0.2, 0.25) is 0 Å². The Labute approximate surface area is 118 Å². The van der Waals surface area contributed by atoms with Gasteiger partial charge in [-0.2, -0.15) is 5.10 Å². The standard InChI is InChI=1S/C12H13BrN4O2/c13-9-4-3-8(6-10(9)18)12(19)14-5-1-2-11-15-7-16-17-11/h3-4,6-7,18H,1-2,5H2,(H,14,19)(H,15,16,17). The number of benzene rings is 1. The van der Waals surface area contributed by atoms with E-state index in [0.29, 0.717) is 16.6 Å². The molecule has 0 atom stereocenters. The summed E-state index contributed by atoms with van der Waals surface area (Å²) in [6, 6.07) is 4.71. The number of amides is 1. The summed E-state index contributed by atoms with van der Waals surface area (Å²) in [5.41, 5.74) is 0.431. The van der Waals surface area contributed by atoms with Gasteiger partial charge in [-0.15, -0.1) is 0 Å². The quantitative estimate of drug-likeness (QED) is 0.729. The van der Waals surface area contributed by atoms with Crippen LogP contribution in [0.15, 0.2) is 29.0 Å². The molecule has 0 saturated carbocycles. The minimum Gasteiger partial charge on any atom is -0.507 e. The normalized spacial score (nSPS) is 10.4. The molecule has 0 bridgehead atoms. The number of aryl methyl sites for hydroxylation is 1. The van der Waals surface area contributed by atoms with Gasteiger partial charge in [-0.25, -0.2) is 4.98 Å². The van der Waals surface area contributed by atoms with Crippen molar-refractivity contribution in [3.8, 4) is 5.75 Å². The number of phenols is 1. The summed E-state index contributed by atoms with van der Waals surface area (Å²) in [6.07, 6.45) is 2.95. The number of carbonyl (C=O) groups excluding carboxylic acids is 1. The number of H-pyrrole nitrogens is 1. The highest BCUT2D eigenvalue weighted by atomic mass is 79.9. The number of hydrogen-bond acceptors (Lipinski definition) is 4. The van der Waals surface area contributed by atoms with Crippen LogP contribution in [0.5, 0.6) is 5.75 Å². The Hall–Kier alpha value is -1.89. The number of aromatic amines is 1. The predicted molar refractivity (Wildman–Crippen MR) is 72.8 cm³/mol. The van der Waals surface area contributed by atoms with Crippen molar-refractivity contribution in [3.63, 3.8) is 0 Å². The van der Waals surface area contributed by atoms with Crippen molar-refractivity contribution in [2.75, 3.05) is 6.54 Å². The van der Waals surface area contributed by atoms with Crippen molar-refractivity contribution >= 4 is 21.8 Å². The molecule has 19 heavy (non-hydrogen) atoms. The van der Waals surface area contributed by atoms with E-state index >= 15 is 0 Å². The predicted octanol–water partition coefficient (Wildman–Crippen LogP) is 1.64. The van der Waals surface area contributed by atoms with Crippen LogP contribution in [-0.2, 0) is 6.42 Å². The summed E-state index contributed by atoms with van der Waals surface area (Å²) >= 11 is 3.17. The Balaban J connectivity index is 1.79. The van der Waals surface area contributed by atoms with Gasteiger partial charge >= 0.3 is 0 Å². The van der Waals surface area contributed by atoms with Crippen LogP contribution in [0, 0.1) is 0 Å². The highest BCUT2D eigenvalue weighted by molar-refractivity contribution is 9.10. The van der Waals surface area contributed by atoms with Crippen molar-refractivity contribution in [1.29, 1.82) is 0 Å². The smallest absolute Gasteiger partial charge is 0.251 e. The second-order valence-corrected chi connectivity index (χ2v) is 4.81. The Morgan fingerprint density at radius 2 is 2.32 bits per heavy atom. The van der Waals surface area contributed by atoms with Gasteiger partial charge in [-0.1, -0.05) is 0 Å². The summed E-state index contributed by atoms with van der Waals surface area (Å²) in [7, 11) is 0. The molecular formula is C12H13BrN4O2. The third kappa shape index (κ3) is 3.78. The zero-order valence-electron chi connectivity index (χ0n) is 10.1. The SMILES string of the molecule is O=C(NCCCc1ncn[nH]1)c1ccc(Br)c(O)c1. The number of nitrogens with zero attached hydrogens (tertiary/aromatic N) is 2. The summed E-state index contributed by atoms with van der Waals surface area (Å²) in [6.45, 7) is 0.538. The second kappa shape index (κ2) is 6.33. The fourth-order valence-corrected chi connectivity index (χ4v) is 1.81. The van der Waals surface area contributed by atoms with Crippen LogP contribution in [0.2, 0.25) is 0 Å². The average molecular weight is 325 g/mol. The first-order valence-electron chi connectivity index (χ1n) is 5.78.